The van der Waals surface area contributed by atoms with Crippen molar-refractivity contribution in [3.05, 3.63) is 22.6 Å². The molecule has 2 aromatic rings. The van der Waals surface area contributed by atoms with Crippen LogP contribution < -0.4 is 11.1 Å². The Bertz CT molecular complexity index is 535. The van der Waals surface area contributed by atoms with E-state index in [1.807, 2.05) is 0 Å². The fourth-order valence-corrected chi connectivity index (χ4v) is 1.84. The van der Waals surface area contributed by atoms with Crippen molar-refractivity contribution in [3.8, 4) is 0 Å². The van der Waals surface area contributed by atoms with E-state index < -0.39 is 0 Å². The third-order valence-electron chi connectivity index (χ3n) is 2.02. The number of carbonyl (C=O) groups excluding carboxylic acids is 1. The average Bonchev–Trinajstić information content (AvgIpc) is 2.56. The first-order valence-electron chi connectivity index (χ1n) is 4.18. The van der Waals surface area contributed by atoms with Gasteiger partial charge in [0.15, 0.2) is 5.58 Å². The number of hydrogen-bond acceptors (Lipinski definition) is 4. The van der Waals surface area contributed by atoms with Crippen LogP contribution in [0, 0.1) is 0 Å². The summed E-state index contributed by atoms with van der Waals surface area (Å²) in [5.74, 6) is -0.239. The number of furan rings is 1. The van der Waals surface area contributed by atoms with Crippen LogP contribution in [-0.4, -0.2) is 17.9 Å². The van der Waals surface area contributed by atoms with Crippen molar-refractivity contribution >= 4 is 38.5 Å². The Labute approximate surface area is 93.8 Å². The number of rotatable bonds is 1. The third kappa shape index (κ3) is 1.46. The van der Waals surface area contributed by atoms with Gasteiger partial charge in [0, 0.05) is 17.7 Å². The van der Waals surface area contributed by atoms with Crippen LogP contribution in [-0.2, 0) is 0 Å². The van der Waals surface area contributed by atoms with Crippen LogP contribution in [0.4, 0.5) is 5.69 Å². The van der Waals surface area contributed by atoms with Crippen LogP contribution in [0.3, 0.4) is 0 Å². The molecule has 6 heteroatoms. The maximum atomic E-state index is 11.4. The van der Waals surface area contributed by atoms with Gasteiger partial charge in [-0.2, -0.15) is 0 Å². The molecule has 3 N–H and O–H groups in total. The van der Waals surface area contributed by atoms with Crippen LogP contribution in [0.15, 0.2) is 21.3 Å². The molecular weight excluding hydrogens is 262 g/mol. The Morgan fingerprint density at radius 1 is 1.60 bits per heavy atom. The number of anilines is 1. The standard InChI is InChI=1S/C9H8BrN3O2/c1-12-9(14)8-7(11)6-4(10)2-13-3-5(6)15-8/h2-3H,11H2,1H3,(H,12,14). The number of nitrogens with zero attached hydrogens (tertiary/aromatic N) is 1. The first kappa shape index (κ1) is 9.97. The lowest BCUT2D eigenvalue weighted by atomic mass is 10.2. The third-order valence-corrected chi connectivity index (χ3v) is 2.63. The smallest absolute Gasteiger partial charge is 0.288 e. The van der Waals surface area contributed by atoms with Crippen molar-refractivity contribution in [1.82, 2.24) is 10.3 Å². The van der Waals surface area contributed by atoms with E-state index >= 15 is 0 Å². The number of nitrogen functional groups attached to an aromatic ring is 1. The zero-order valence-electron chi connectivity index (χ0n) is 7.87. The number of pyridine rings is 1. The molecule has 78 valence electrons. The molecule has 0 radical (unpaired) electrons. The van der Waals surface area contributed by atoms with Crippen LogP contribution in [0.1, 0.15) is 10.6 Å². The summed E-state index contributed by atoms with van der Waals surface area (Å²) in [6.07, 6.45) is 3.12. The number of carbonyl (C=O) groups is 1. The lowest BCUT2D eigenvalue weighted by Gasteiger charge is -1.95. The van der Waals surface area contributed by atoms with Crippen LogP contribution in [0.5, 0.6) is 0 Å². The molecule has 5 nitrogen and oxygen atoms in total. The molecule has 0 bridgehead atoms. The van der Waals surface area contributed by atoms with Crippen LogP contribution >= 0.6 is 15.9 Å². The monoisotopic (exact) mass is 269 g/mol. The normalized spacial score (nSPS) is 10.5. The lowest BCUT2D eigenvalue weighted by molar-refractivity contribution is 0.0939. The number of aromatic nitrogens is 1. The summed E-state index contributed by atoms with van der Waals surface area (Å²) in [4.78, 5) is 15.3. The number of nitrogens with two attached hydrogens (primary N) is 1. The van der Waals surface area contributed by atoms with Crippen molar-refractivity contribution in [3.63, 3.8) is 0 Å². The predicted molar refractivity (Wildman–Crippen MR) is 59.5 cm³/mol. The summed E-state index contributed by atoms with van der Waals surface area (Å²) in [5.41, 5.74) is 6.61. The van der Waals surface area contributed by atoms with Gasteiger partial charge in [-0.25, -0.2) is 0 Å². The minimum atomic E-state index is -0.351. The molecule has 0 unspecified atom stereocenters. The van der Waals surface area contributed by atoms with Gasteiger partial charge in [0.25, 0.3) is 5.91 Å². The van der Waals surface area contributed by atoms with E-state index in [4.69, 9.17) is 10.2 Å². The van der Waals surface area contributed by atoms with Gasteiger partial charge < -0.3 is 15.5 Å². The van der Waals surface area contributed by atoms with Gasteiger partial charge in [0.2, 0.25) is 5.76 Å². The molecule has 15 heavy (non-hydrogen) atoms. The van der Waals surface area contributed by atoms with Crippen molar-refractivity contribution in [1.29, 1.82) is 0 Å². The largest absolute Gasteiger partial charge is 0.447 e. The van der Waals surface area contributed by atoms with E-state index in [9.17, 15) is 4.79 Å². The van der Waals surface area contributed by atoms with Crippen molar-refractivity contribution in [2.45, 2.75) is 0 Å². The summed E-state index contributed by atoms with van der Waals surface area (Å²) in [7, 11) is 1.52. The molecule has 0 aromatic carbocycles. The Morgan fingerprint density at radius 3 is 2.93 bits per heavy atom. The molecule has 0 aliphatic rings. The molecule has 0 aliphatic carbocycles. The molecule has 2 aromatic heterocycles. The van der Waals surface area contributed by atoms with Crippen LogP contribution in [0.2, 0.25) is 0 Å². The number of nitrogens with one attached hydrogen (secondary N) is 1. The lowest BCUT2D eigenvalue weighted by Crippen LogP contribution is -2.18. The number of fused-ring (bicyclic) bond motifs is 1. The summed E-state index contributed by atoms with van der Waals surface area (Å²) in [6.45, 7) is 0. The Kier molecular flexibility index (Phi) is 2.36. The average molecular weight is 270 g/mol. The highest BCUT2D eigenvalue weighted by Crippen LogP contribution is 2.33. The number of halogens is 1. The quantitative estimate of drug-likeness (QED) is 0.823. The molecule has 0 saturated carbocycles. The first-order valence-corrected chi connectivity index (χ1v) is 4.98. The van der Waals surface area contributed by atoms with Gasteiger partial charge in [-0.15, -0.1) is 0 Å². The fraction of sp³-hybridized carbons (Fsp3) is 0.111. The van der Waals surface area contributed by atoms with E-state index in [2.05, 4.69) is 26.2 Å². The summed E-state index contributed by atoms with van der Waals surface area (Å²) in [6, 6.07) is 0. The maximum Gasteiger partial charge on any atom is 0.288 e. The van der Waals surface area contributed by atoms with Gasteiger partial charge in [0.05, 0.1) is 17.3 Å². The molecule has 2 heterocycles. The molecule has 0 aliphatic heterocycles. The molecular formula is C9H8BrN3O2. The van der Waals surface area contributed by atoms with Gasteiger partial charge in [-0.05, 0) is 15.9 Å². The van der Waals surface area contributed by atoms with E-state index in [1.54, 1.807) is 6.20 Å². The van der Waals surface area contributed by atoms with Crippen molar-refractivity contribution in [2.24, 2.45) is 0 Å². The van der Waals surface area contributed by atoms with Crippen molar-refractivity contribution < 1.29 is 9.21 Å². The number of hydrogen-bond donors (Lipinski definition) is 2. The van der Waals surface area contributed by atoms with E-state index in [0.717, 1.165) is 0 Å². The van der Waals surface area contributed by atoms with Gasteiger partial charge in [0.1, 0.15) is 0 Å². The summed E-state index contributed by atoms with van der Waals surface area (Å²) >= 11 is 3.30. The Hall–Kier alpha value is -1.56. The second-order valence-electron chi connectivity index (χ2n) is 2.92. The molecule has 0 fully saturated rings. The minimum Gasteiger partial charge on any atom is -0.447 e. The van der Waals surface area contributed by atoms with Gasteiger partial charge in [-0.1, -0.05) is 0 Å². The zero-order valence-corrected chi connectivity index (χ0v) is 9.46. The maximum absolute atomic E-state index is 11.4. The SMILES string of the molecule is CNC(=O)c1oc2cncc(Br)c2c1N. The molecule has 0 saturated heterocycles. The van der Waals surface area contributed by atoms with E-state index in [-0.39, 0.29) is 11.7 Å². The highest BCUT2D eigenvalue weighted by molar-refractivity contribution is 9.10. The van der Waals surface area contributed by atoms with Gasteiger partial charge >= 0.3 is 0 Å². The van der Waals surface area contributed by atoms with E-state index in [1.165, 1.54) is 13.2 Å². The molecule has 2 rings (SSSR count). The zero-order chi connectivity index (χ0) is 11.0. The second kappa shape index (κ2) is 3.54. The fourth-order valence-electron chi connectivity index (χ4n) is 1.32. The Morgan fingerprint density at radius 2 is 2.33 bits per heavy atom. The molecule has 0 atom stereocenters. The molecule has 1 amide bonds. The predicted octanol–water partition coefficient (Wildman–Crippen LogP) is 1.53. The van der Waals surface area contributed by atoms with Gasteiger partial charge in [-0.3, -0.25) is 9.78 Å². The second-order valence-corrected chi connectivity index (χ2v) is 3.77. The molecule has 0 spiro atoms. The summed E-state index contributed by atoms with van der Waals surface area (Å²) < 4.78 is 6.01. The number of amides is 1. The topological polar surface area (TPSA) is 81.2 Å². The first-order chi connectivity index (χ1) is 7.15. The van der Waals surface area contributed by atoms with Crippen LogP contribution in [0.25, 0.3) is 11.0 Å². The minimum absolute atomic E-state index is 0.112. The Balaban J connectivity index is 2.75. The highest BCUT2D eigenvalue weighted by atomic mass is 79.9. The summed E-state index contributed by atoms with van der Waals surface area (Å²) in [5, 5.41) is 3.12. The van der Waals surface area contributed by atoms with E-state index in [0.29, 0.717) is 21.1 Å². The highest BCUT2D eigenvalue weighted by Gasteiger charge is 2.18. The van der Waals surface area contributed by atoms with Crippen molar-refractivity contribution in [2.75, 3.05) is 12.8 Å².